The molecule has 0 bridgehead atoms. The van der Waals surface area contributed by atoms with E-state index in [4.69, 9.17) is 12.2 Å². The molecule has 0 spiro atoms. The van der Waals surface area contributed by atoms with Crippen LogP contribution in [0.15, 0.2) is 91.3 Å². The van der Waals surface area contributed by atoms with Gasteiger partial charge in [0.05, 0.1) is 23.0 Å². The number of hydrogen-bond donors (Lipinski definition) is 3. The number of nitrogens with zero attached hydrogens (tertiary/aromatic N) is 3. The first-order valence-corrected chi connectivity index (χ1v) is 10.7. The van der Waals surface area contributed by atoms with Gasteiger partial charge in [0.15, 0.2) is 5.11 Å². The van der Waals surface area contributed by atoms with E-state index in [0.717, 1.165) is 17.1 Å². The summed E-state index contributed by atoms with van der Waals surface area (Å²) in [5.74, 6) is -0.849. The number of nitrogens with one attached hydrogen (secondary N) is 1. The number of rotatable bonds is 5. The monoisotopic (exact) mass is 456 g/mol. The number of hydrogen-bond acceptors (Lipinski definition) is 4. The van der Waals surface area contributed by atoms with Gasteiger partial charge in [0.1, 0.15) is 11.8 Å². The number of carboxylic acids is 1. The van der Waals surface area contributed by atoms with Crippen LogP contribution in [0.5, 0.6) is 5.75 Å². The van der Waals surface area contributed by atoms with Gasteiger partial charge in [-0.3, -0.25) is 4.98 Å². The van der Waals surface area contributed by atoms with Crippen LogP contribution in [-0.4, -0.2) is 30.8 Å². The van der Waals surface area contributed by atoms with Gasteiger partial charge in [-0.2, -0.15) is 0 Å². The average Bonchev–Trinajstić information content (AvgIpc) is 3.44. The molecule has 1 aliphatic rings. The SMILES string of the molecule is O=C(O)c1ccc(-n2cccc2[C@H]2[C@H](c3ccccn3)NC(=S)N2c2ccccc2O)cc1. The van der Waals surface area contributed by atoms with Crippen molar-refractivity contribution >= 4 is 29.0 Å². The quantitative estimate of drug-likeness (QED) is 0.382. The second kappa shape index (κ2) is 8.40. The lowest BCUT2D eigenvalue weighted by Crippen LogP contribution is -2.30. The first kappa shape index (κ1) is 20.7. The maximum atomic E-state index is 11.3. The molecule has 2 aromatic carbocycles. The summed E-state index contributed by atoms with van der Waals surface area (Å²) in [4.78, 5) is 17.7. The molecule has 1 aliphatic heterocycles. The summed E-state index contributed by atoms with van der Waals surface area (Å²) in [6.07, 6.45) is 3.66. The predicted molar refractivity (Wildman–Crippen MR) is 129 cm³/mol. The number of para-hydroxylation sites is 2. The molecule has 4 aromatic rings. The van der Waals surface area contributed by atoms with Gasteiger partial charge >= 0.3 is 5.97 Å². The molecule has 1 fully saturated rings. The van der Waals surface area contributed by atoms with Gasteiger partial charge < -0.3 is 25.0 Å². The van der Waals surface area contributed by atoms with Crippen LogP contribution in [0.1, 0.15) is 33.8 Å². The topological polar surface area (TPSA) is 90.6 Å². The number of aromatic carboxylic acids is 1. The van der Waals surface area contributed by atoms with Crippen molar-refractivity contribution in [2.75, 3.05) is 4.90 Å². The fourth-order valence-electron chi connectivity index (χ4n) is 4.22. The predicted octanol–water partition coefficient (Wildman–Crippen LogP) is 4.45. The molecule has 2 aromatic heterocycles. The molecule has 33 heavy (non-hydrogen) atoms. The number of phenols is 1. The Hall–Kier alpha value is -4.17. The number of carbonyl (C=O) groups is 1. The number of carboxylic acid groups (broad SMARTS) is 1. The fraction of sp³-hybridized carbons (Fsp3) is 0.0800. The third kappa shape index (κ3) is 3.70. The third-order valence-electron chi connectivity index (χ3n) is 5.72. The van der Waals surface area contributed by atoms with Gasteiger partial charge in [0, 0.05) is 23.8 Å². The molecular weight excluding hydrogens is 436 g/mol. The third-order valence-corrected chi connectivity index (χ3v) is 6.03. The molecule has 0 aliphatic carbocycles. The molecule has 2 atom stereocenters. The fourth-order valence-corrected chi connectivity index (χ4v) is 4.56. The van der Waals surface area contributed by atoms with Crippen molar-refractivity contribution in [1.82, 2.24) is 14.9 Å². The Morgan fingerprint density at radius 2 is 1.73 bits per heavy atom. The number of benzene rings is 2. The van der Waals surface area contributed by atoms with Gasteiger partial charge in [0.2, 0.25) is 0 Å². The van der Waals surface area contributed by atoms with E-state index in [1.54, 1.807) is 42.6 Å². The van der Waals surface area contributed by atoms with Crippen LogP contribution in [0.3, 0.4) is 0 Å². The number of anilines is 1. The summed E-state index contributed by atoms with van der Waals surface area (Å²) in [5.41, 5.74) is 3.35. The highest BCUT2D eigenvalue weighted by molar-refractivity contribution is 7.80. The second-order valence-corrected chi connectivity index (χ2v) is 8.03. The average molecular weight is 457 g/mol. The number of aromatic hydroxyl groups is 1. The molecule has 3 heterocycles. The summed E-state index contributed by atoms with van der Waals surface area (Å²) >= 11 is 5.72. The minimum atomic E-state index is -0.972. The molecule has 5 rings (SSSR count). The Balaban J connectivity index is 1.65. The van der Waals surface area contributed by atoms with E-state index >= 15 is 0 Å². The van der Waals surface area contributed by atoms with Crippen LogP contribution < -0.4 is 10.2 Å². The van der Waals surface area contributed by atoms with E-state index in [-0.39, 0.29) is 23.4 Å². The van der Waals surface area contributed by atoms with E-state index < -0.39 is 5.97 Å². The maximum absolute atomic E-state index is 11.3. The molecule has 8 heteroatoms. The number of phenolic OH excluding ortho intramolecular Hbond substituents is 1. The van der Waals surface area contributed by atoms with Crippen molar-refractivity contribution < 1.29 is 15.0 Å². The van der Waals surface area contributed by atoms with Gasteiger partial charge in [-0.15, -0.1) is 0 Å². The molecule has 0 unspecified atom stereocenters. The number of aromatic nitrogens is 2. The van der Waals surface area contributed by atoms with Crippen molar-refractivity contribution in [2.24, 2.45) is 0 Å². The van der Waals surface area contributed by atoms with E-state index in [1.807, 2.05) is 58.1 Å². The lowest BCUT2D eigenvalue weighted by atomic mass is 10.0. The zero-order chi connectivity index (χ0) is 22.9. The Morgan fingerprint density at radius 3 is 2.42 bits per heavy atom. The van der Waals surface area contributed by atoms with Crippen molar-refractivity contribution in [3.05, 3.63) is 108 Å². The smallest absolute Gasteiger partial charge is 0.335 e. The summed E-state index contributed by atoms with van der Waals surface area (Å²) in [6.45, 7) is 0. The van der Waals surface area contributed by atoms with Crippen LogP contribution in [-0.2, 0) is 0 Å². The van der Waals surface area contributed by atoms with Gasteiger partial charge in [-0.1, -0.05) is 18.2 Å². The minimum Gasteiger partial charge on any atom is -0.506 e. The number of pyridine rings is 1. The van der Waals surface area contributed by atoms with Crippen LogP contribution in [0.4, 0.5) is 5.69 Å². The molecular formula is C25H20N4O3S. The summed E-state index contributed by atoms with van der Waals surface area (Å²) < 4.78 is 1.99. The molecule has 3 N–H and O–H groups in total. The van der Waals surface area contributed by atoms with E-state index in [9.17, 15) is 15.0 Å². The highest BCUT2D eigenvalue weighted by Gasteiger charge is 2.42. The van der Waals surface area contributed by atoms with Crippen LogP contribution >= 0.6 is 12.2 Å². The van der Waals surface area contributed by atoms with E-state index in [0.29, 0.717) is 10.8 Å². The first-order chi connectivity index (χ1) is 16.0. The van der Waals surface area contributed by atoms with Gasteiger partial charge in [-0.05, 0) is 72.9 Å². The zero-order valence-corrected chi connectivity index (χ0v) is 18.2. The first-order valence-electron chi connectivity index (χ1n) is 10.3. The zero-order valence-electron chi connectivity index (χ0n) is 17.4. The summed E-state index contributed by atoms with van der Waals surface area (Å²) in [5, 5.41) is 23.7. The molecule has 0 radical (unpaired) electrons. The normalized spacial score (nSPS) is 17.7. The standard InChI is InChI=1S/C25H20N4O3S/c30-21-9-2-1-7-19(21)29-23(22(27-25(29)33)18-6-3-4-14-26-18)20-8-5-15-28(20)17-12-10-16(11-13-17)24(31)32/h1-15,22-23,30H,(H,27,33)(H,31,32)/t22-,23-/m0/s1. The van der Waals surface area contributed by atoms with Crippen molar-refractivity contribution in [3.8, 4) is 11.4 Å². The van der Waals surface area contributed by atoms with E-state index in [1.165, 1.54) is 0 Å². The largest absolute Gasteiger partial charge is 0.506 e. The van der Waals surface area contributed by atoms with Crippen molar-refractivity contribution in [2.45, 2.75) is 12.1 Å². The molecule has 0 saturated carbocycles. The lowest BCUT2D eigenvalue weighted by Gasteiger charge is -2.29. The number of thiocarbonyl (C=S) groups is 1. The molecule has 164 valence electrons. The Labute approximate surface area is 195 Å². The van der Waals surface area contributed by atoms with Crippen molar-refractivity contribution in [3.63, 3.8) is 0 Å². The highest BCUT2D eigenvalue weighted by Crippen LogP contribution is 2.44. The second-order valence-electron chi connectivity index (χ2n) is 7.64. The summed E-state index contributed by atoms with van der Waals surface area (Å²) in [6, 6.07) is 22.8. The summed E-state index contributed by atoms with van der Waals surface area (Å²) in [7, 11) is 0. The maximum Gasteiger partial charge on any atom is 0.335 e. The Morgan fingerprint density at radius 1 is 0.970 bits per heavy atom. The lowest BCUT2D eigenvalue weighted by molar-refractivity contribution is 0.0697. The van der Waals surface area contributed by atoms with Gasteiger partial charge in [-0.25, -0.2) is 4.79 Å². The van der Waals surface area contributed by atoms with Gasteiger partial charge in [0.25, 0.3) is 0 Å². The highest BCUT2D eigenvalue weighted by atomic mass is 32.1. The molecule has 1 saturated heterocycles. The van der Waals surface area contributed by atoms with Crippen LogP contribution in [0.25, 0.3) is 5.69 Å². The van der Waals surface area contributed by atoms with Crippen LogP contribution in [0, 0.1) is 0 Å². The minimum absolute atomic E-state index is 0.122. The molecule has 0 amide bonds. The van der Waals surface area contributed by atoms with Crippen LogP contribution in [0.2, 0.25) is 0 Å². The van der Waals surface area contributed by atoms with Crippen molar-refractivity contribution in [1.29, 1.82) is 0 Å². The Bertz CT molecular complexity index is 1320. The van der Waals surface area contributed by atoms with E-state index in [2.05, 4.69) is 10.3 Å². The Kier molecular flexibility index (Phi) is 5.27. The molecule has 7 nitrogen and oxygen atoms in total.